The Morgan fingerprint density at radius 2 is 2.21 bits per heavy atom. The topological polar surface area (TPSA) is 21.3 Å². The molecule has 0 heterocycles. The van der Waals surface area contributed by atoms with E-state index < -0.39 is 0 Å². The van der Waals surface area contributed by atoms with Gasteiger partial charge in [0, 0.05) is 12.6 Å². The molecule has 2 heteroatoms. The zero-order valence-electron chi connectivity index (χ0n) is 13.4. The molecule has 2 nitrogen and oxygen atoms in total. The molecule has 112 valence electrons. The van der Waals surface area contributed by atoms with Crippen LogP contribution in [0, 0.1) is 5.92 Å². The summed E-state index contributed by atoms with van der Waals surface area (Å²) in [6.07, 6.45) is 7.31. The molecule has 1 rings (SSSR count). The molecule has 1 N–H and O–H groups in total. The summed E-state index contributed by atoms with van der Waals surface area (Å²) in [6.45, 7) is 14.7. The Kier molecular flexibility index (Phi) is 7.09. The quantitative estimate of drug-likeness (QED) is 0.662. The SMILES string of the molecule is C=C(C)CCC(NCC)C1(OCC)CCCC(C)C1. The zero-order valence-corrected chi connectivity index (χ0v) is 13.4. The smallest absolute Gasteiger partial charge is 0.0837 e. The fourth-order valence-corrected chi connectivity index (χ4v) is 3.57. The Morgan fingerprint density at radius 3 is 2.74 bits per heavy atom. The minimum Gasteiger partial charge on any atom is -0.374 e. The lowest BCUT2D eigenvalue weighted by atomic mass is 9.73. The van der Waals surface area contributed by atoms with E-state index in [4.69, 9.17) is 4.74 Å². The van der Waals surface area contributed by atoms with Crippen LogP contribution >= 0.6 is 0 Å². The van der Waals surface area contributed by atoms with Crippen molar-refractivity contribution in [1.29, 1.82) is 0 Å². The second-order valence-corrected chi connectivity index (χ2v) is 6.31. The third kappa shape index (κ3) is 4.92. The van der Waals surface area contributed by atoms with E-state index in [1.807, 2.05) is 0 Å². The first-order valence-corrected chi connectivity index (χ1v) is 8.05. The van der Waals surface area contributed by atoms with Crippen molar-refractivity contribution >= 4 is 0 Å². The number of ether oxygens (including phenoxy) is 1. The van der Waals surface area contributed by atoms with Gasteiger partial charge < -0.3 is 10.1 Å². The van der Waals surface area contributed by atoms with Crippen LogP contribution in [-0.2, 0) is 4.74 Å². The lowest BCUT2D eigenvalue weighted by Crippen LogP contribution is -2.54. The number of hydrogen-bond donors (Lipinski definition) is 1. The summed E-state index contributed by atoms with van der Waals surface area (Å²) < 4.78 is 6.30. The van der Waals surface area contributed by atoms with Crippen molar-refractivity contribution in [2.45, 2.75) is 77.9 Å². The van der Waals surface area contributed by atoms with E-state index in [9.17, 15) is 0 Å². The van der Waals surface area contributed by atoms with Crippen LogP contribution in [0.5, 0.6) is 0 Å². The van der Waals surface area contributed by atoms with Crippen molar-refractivity contribution in [3.05, 3.63) is 12.2 Å². The number of hydrogen-bond acceptors (Lipinski definition) is 2. The summed E-state index contributed by atoms with van der Waals surface area (Å²) >= 11 is 0. The van der Waals surface area contributed by atoms with Crippen LogP contribution in [0.15, 0.2) is 12.2 Å². The average Bonchev–Trinajstić information content (AvgIpc) is 2.34. The van der Waals surface area contributed by atoms with Gasteiger partial charge in [0.1, 0.15) is 0 Å². The van der Waals surface area contributed by atoms with E-state index in [1.54, 1.807) is 0 Å². The van der Waals surface area contributed by atoms with Gasteiger partial charge in [-0.05, 0) is 52.0 Å². The van der Waals surface area contributed by atoms with Crippen LogP contribution in [0.25, 0.3) is 0 Å². The van der Waals surface area contributed by atoms with Gasteiger partial charge in [-0.2, -0.15) is 0 Å². The van der Waals surface area contributed by atoms with Gasteiger partial charge in [-0.1, -0.05) is 32.3 Å². The number of likely N-dealkylation sites (N-methyl/N-ethyl adjacent to an activating group) is 1. The second kappa shape index (κ2) is 8.06. The molecule has 0 radical (unpaired) electrons. The largest absolute Gasteiger partial charge is 0.374 e. The lowest BCUT2D eigenvalue weighted by molar-refractivity contribution is -0.101. The highest BCUT2D eigenvalue weighted by molar-refractivity contribution is 4.99. The van der Waals surface area contributed by atoms with Gasteiger partial charge in [0.2, 0.25) is 0 Å². The van der Waals surface area contributed by atoms with Gasteiger partial charge in [0.15, 0.2) is 0 Å². The van der Waals surface area contributed by atoms with Gasteiger partial charge in [-0.3, -0.25) is 0 Å². The number of rotatable bonds is 8. The number of nitrogens with one attached hydrogen (secondary N) is 1. The maximum atomic E-state index is 6.30. The maximum absolute atomic E-state index is 6.30. The first-order valence-electron chi connectivity index (χ1n) is 8.05. The molecule has 0 bridgehead atoms. The monoisotopic (exact) mass is 267 g/mol. The summed E-state index contributed by atoms with van der Waals surface area (Å²) in [5.41, 5.74) is 1.33. The van der Waals surface area contributed by atoms with Gasteiger partial charge in [0.05, 0.1) is 5.60 Å². The highest BCUT2D eigenvalue weighted by Crippen LogP contribution is 2.39. The Labute approximate surface area is 120 Å². The van der Waals surface area contributed by atoms with Crippen molar-refractivity contribution in [2.24, 2.45) is 5.92 Å². The molecule has 0 saturated heterocycles. The molecular weight excluding hydrogens is 234 g/mol. The van der Waals surface area contributed by atoms with Crippen LogP contribution in [0.4, 0.5) is 0 Å². The van der Waals surface area contributed by atoms with Crippen molar-refractivity contribution in [3.63, 3.8) is 0 Å². The van der Waals surface area contributed by atoms with E-state index in [-0.39, 0.29) is 5.60 Å². The normalized spacial score (nSPS) is 29.2. The molecule has 0 aromatic rings. The molecule has 1 aliphatic rings. The Hall–Kier alpha value is -0.340. The lowest BCUT2D eigenvalue weighted by Gasteiger charge is -2.46. The van der Waals surface area contributed by atoms with Gasteiger partial charge >= 0.3 is 0 Å². The molecule has 1 fully saturated rings. The summed E-state index contributed by atoms with van der Waals surface area (Å²) in [5.74, 6) is 0.784. The molecule has 0 amide bonds. The molecule has 1 saturated carbocycles. The minimum atomic E-state index is 0.0534. The van der Waals surface area contributed by atoms with Gasteiger partial charge in [-0.15, -0.1) is 6.58 Å². The highest BCUT2D eigenvalue weighted by Gasteiger charge is 2.41. The van der Waals surface area contributed by atoms with E-state index >= 15 is 0 Å². The van der Waals surface area contributed by atoms with Crippen LogP contribution in [0.2, 0.25) is 0 Å². The number of allylic oxidation sites excluding steroid dienone is 1. The first kappa shape index (κ1) is 16.7. The van der Waals surface area contributed by atoms with Gasteiger partial charge in [0.25, 0.3) is 0 Å². The van der Waals surface area contributed by atoms with Crippen molar-refractivity contribution < 1.29 is 4.74 Å². The zero-order chi connectivity index (χ0) is 14.3. The van der Waals surface area contributed by atoms with Crippen molar-refractivity contribution in [3.8, 4) is 0 Å². The molecular formula is C17H33NO. The summed E-state index contributed by atoms with van der Waals surface area (Å²) in [6, 6.07) is 0.469. The third-order valence-corrected chi connectivity index (χ3v) is 4.37. The van der Waals surface area contributed by atoms with E-state index in [1.165, 1.54) is 31.3 Å². The highest BCUT2D eigenvalue weighted by atomic mass is 16.5. The Bertz CT molecular complexity index is 272. The molecule has 0 aromatic carbocycles. The molecule has 0 aliphatic heterocycles. The second-order valence-electron chi connectivity index (χ2n) is 6.31. The standard InChI is InChI=1S/C17H33NO/c1-6-18-16(11-10-14(3)4)17(19-7-2)12-8-9-15(5)13-17/h15-16,18H,3,6-13H2,1-2,4-5H3. The molecule has 3 unspecified atom stereocenters. The maximum Gasteiger partial charge on any atom is 0.0837 e. The summed E-state index contributed by atoms with van der Waals surface area (Å²) in [5, 5.41) is 3.69. The Morgan fingerprint density at radius 1 is 1.47 bits per heavy atom. The molecule has 1 aliphatic carbocycles. The third-order valence-electron chi connectivity index (χ3n) is 4.37. The summed E-state index contributed by atoms with van der Waals surface area (Å²) in [7, 11) is 0. The molecule has 19 heavy (non-hydrogen) atoms. The van der Waals surface area contributed by atoms with Crippen molar-refractivity contribution in [1.82, 2.24) is 5.32 Å². The predicted octanol–water partition coefficient (Wildman–Crippen LogP) is 4.31. The van der Waals surface area contributed by atoms with E-state index in [0.717, 1.165) is 31.9 Å². The molecule has 0 aromatic heterocycles. The summed E-state index contributed by atoms with van der Waals surface area (Å²) in [4.78, 5) is 0. The average molecular weight is 267 g/mol. The first-order chi connectivity index (χ1) is 9.04. The van der Waals surface area contributed by atoms with E-state index in [2.05, 4.69) is 39.6 Å². The van der Waals surface area contributed by atoms with E-state index in [0.29, 0.717) is 6.04 Å². The minimum absolute atomic E-state index is 0.0534. The predicted molar refractivity (Wildman–Crippen MR) is 83.5 cm³/mol. The van der Waals surface area contributed by atoms with Crippen LogP contribution in [0.1, 0.15) is 66.2 Å². The fourth-order valence-electron chi connectivity index (χ4n) is 3.57. The molecule has 0 spiro atoms. The molecule has 3 atom stereocenters. The van der Waals surface area contributed by atoms with Gasteiger partial charge in [-0.25, -0.2) is 0 Å². The van der Waals surface area contributed by atoms with Crippen LogP contribution in [0.3, 0.4) is 0 Å². The Balaban J connectivity index is 2.80. The van der Waals surface area contributed by atoms with Crippen molar-refractivity contribution in [2.75, 3.05) is 13.2 Å². The fraction of sp³-hybridized carbons (Fsp3) is 0.882. The van der Waals surface area contributed by atoms with Crippen LogP contribution < -0.4 is 5.32 Å². The van der Waals surface area contributed by atoms with Crippen LogP contribution in [-0.4, -0.2) is 24.8 Å².